The van der Waals surface area contributed by atoms with Crippen LogP contribution in [0.3, 0.4) is 0 Å². The third-order valence-corrected chi connectivity index (χ3v) is 2.00. The van der Waals surface area contributed by atoms with Gasteiger partial charge in [-0.3, -0.25) is 0 Å². The maximum atomic E-state index is 4.99. The van der Waals surface area contributed by atoms with E-state index in [9.17, 15) is 0 Å². The standard InChI is InChI=1S/C9H8N4OS/c1-14-7-4-6(11-5-12-7)9-10-3-2-8(15)13-9/h2-5H,1H3,(H,10,13,15). The number of hydrogen-bond donors (Lipinski definition) is 1. The van der Waals surface area contributed by atoms with Crippen LogP contribution in [0.4, 0.5) is 0 Å². The summed E-state index contributed by atoms with van der Waals surface area (Å²) in [5, 5.41) is 0. The van der Waals surface area contributed by atoms with Crippen LogP contribution in [0.2, 0.25) is 0 Å². The Labute approximate surface area is 91.2 Å². The van der Waals surface area contributed by atoms with Crippen LogP contribution in [0.1, 0.15) is 0 Å². The first-order valence-corrected chi connectivity index (χ1v) is 4.62. The lowest BCUT2D eigenvalue weighted by atomic mass is 10.4. The minimum Gasteiger partial charge on any atom is -0.481 e. The first-order valence-electron chi connectivity index (χ1n) is 4.21. The van der Waals surface area contributed by atoms with Crippen LogP contribution < -0.4 is 4.74 Å². The van der Waals surface area contributed by atoms with Gasteiger partial charge >= 0.3 is 0 Å². The lowest BCUT2D eigenvalue weighted by Crippen LogP contribution is -1.94. The van der Waals surface area contributed by atoms with Gasteiger partial charge in [-0.05, 0) is 6.07 Å². The van der Waals surface area contributed by atoms with E-state index in [1.165, 1.54) is 6.33 Å². The molecule has 1 N–H and O–H groups in total. The normalized spacial score (nSPS) is 9.93. The molecule has 0 aliphatic heterocycles. The van der Waals surface area contributed by atoms with Crippen LogP contribution in [0, 0.1) is 4.64 Å². The molecule has 15 heavy (non-hydrogen) atoms. The molecular formula is C9H8N4OS. The summed E-state index contributed by atoms with van der Waals surface area (Å²) in [5.41, 5.74) is 0.647. The molecule has 0 aliphatic carbocycles. The highest BCUT2D eigenvalue weighted by atomic mass is 32.1. The Hall–Kier alpha value is -1.82. The third-order valence-electron chi connectivity index (χ3n) is 1.76. The summed E-state index contributed by atoms with van der Waals surface area (Å²) < 4.78 is 5.60. The van der Waals surface area contributed by atoms with Crippen molar-refractivity contribution in [1.82, 2.24) is 19.9 Å². The summed E-state index contributed by atoms with van der Waals surface area (Å²) in [5.74, 6) is 1.09. The van der Waals surface area contributed by atoms with Crippen molar-refractivity contribution >= 4 is 12.2 Å². The number of hydrogen-bond acceptors (Lipinski definition) is 5. The Bertz CT molecular complexity index is 525. The number of nitrogens with zero attached hydrogens (tertiary/aromatic N) is 3. The van der Waals surface area contributed by atoms with Crippen molar-refractivity contribution in [3.8, 4) is 17.4 Å². The molecule has 0 aromatic carbocycles. The van der Waals surface area contributed by atoms with Crippen LogP contribution in [-0.4, -0.2) is 27.0 Å². The minimum absolute atomic E-state index is 0.491. The van der Waals surface area contributed by atoms with Crippen molar-refractivity contribution < 1.29 is 4.74 Å². The summed E-state index contributed by atoms with van der Waals surface area (Å²) in [7, 11) is 1.55. The van der Waals surface area contributed by atoms with Crippen LogP contribution >= 0.6 is 12.2 Å². The first-order chi connectivity index (χ1) is 7.29. The number of methoxy groups -OCH3 is 1. The molecule has 0 atom stereocenters. The molecule has 0 fully saturated rings. The van der Waals surface area contributed by atoms with Gasteiger partial charge in [-0.2, -0.15) is 0 Å². The van der Waals surface area contributed by atoms with E-state index >= 15 is 0 Å². The fourth-order valence-corrected chi connectivity index (χ4v) is 1.24. The molecule has 0 saturated carbocycles. The molecule has 5 nitrogen and oxygen atoms in total. The van der Waals surface area contributed by atoms with E-state index < -0.39 is 0 Å². The van der Waals surface area contributed by atoms with Crippen LogP contribution in [0.5, 0.6) is 5.88 Å². The molecule has 0 aliphatic rings. The number of nitrogens with one attached hydrogen (secondary N) is 1. The Morgan fingerprint density at radius 3 is 2.93 bits per heavy atom. The van der Waals surface area contributed by atoms with Crippen molar-refractivity contribution in [1.29, 1.82) is 0 Å². The van der Waals surface area contributed by atoms with Gasteiger partial charge in [0.25, 0.3) is 0 Å². The van der Waals surface area contributed by atoms with Crippen molar-refractivity contribution in [3.63, 3.8) is 0 Å². The lowest BCUT2D eigenvalue weighted by Gasteiger charge is -2.01. The predicted molar refractivity (Wildman–Crippen MR) is 57.0 cm³/mol. The largest absolute Gasteiger partial charge is 0.481 e. The summed E-state index contributed by atoms with van der Waals surface area (Å²) in [6, 6.07) is 3.39. The molecule has 0 saturated heterocycles. The van der Waals surface area contributed by atoms with E-state index in [4.69, 9.17) is 17.0 Å². The highest BCUT2D eigenvalue weighted by Gasteiger charge is 2.02. The zero-order valence-electron chi connectivity index (χ0n) is 7.97. The smallest absolute Gasteiger partial charge is 0.216 e. The SMILES string of the molecule is COc1cc(-c2nccc(=S)[nH]2)ncn1. The predicted octanol–water partition coefficient (Wildman–Crippen LogP) is 1.60. The Morgan fingerprint density at radius 1 is 1.33 bits per heavy atom. The molecule has 2 heterocycles. The van der Waals surface area contributed by atoms with Gasteiger partial charge in [0.1, 0.15) is 16.7 Å². The molecule has 6 heteroatoms. The van der Waals surface area contributed by atoms with Crippen molar-refractivity contribution in [2.75, 3.05) is 7.11 Å². The highest BCUT2D eigenvalue weighted by molar-refractivity contribution is 7.71. The van der Waals surface area contributed by atoms with Crippen LogP contribution in [-0.2, 0) is 0 Å². The van der Waals surface area contributed by atoms with Gasteiger partial charge in [-0.1, -0.05) is 12.2 Å². The van der Waals surface area contributed by atoms with Crippen LogP contribution in [0.15, 0.2) is 24.7 Å². The number of H-pyrrole nitrogens is 1. The van der Waals surface area contributed by atoms with Gasteiger partial charge in [0, 0.05) is 12.3 Å². The molecule has 0 amide bonds. The summed E-state index contributed by atoms with van der Waals surface area (Å²) in [6.07, 6.45) is 3.04. The summed E-state index contributed by atoms with van der Waals surface area (Å²) >= 11 is 4.99. The molecule has 2 aromatic heterocycles. The Balaban J connectivity index is 2.49. The zero-order valence-corrected chi connectivity index (χ0v) is 8.78. The molecule has 2 rings (SSSR count). The summed E-state index contributed by atoms with van der Waals surface area (Å²) in [6.45, 7) is 0. The van der Waals surface area contributed by atoms with E-state index in [0.29, 0.717) is 22.0 Å². The molecular weight excluding hydrogens is 212 g/mol. The third kappa shape index (κ3) is 2.16. The van der Waals surface area contributed by atoms with Gasteiger partial charge in [0.15, 0.2) is 5.82 Å². The Morgan fingerprint density at radius 2 is 2.20 bits per heavy atom. The van der Waals surface area contributed by atoms with Gasteiger partial charge in [-0.25, -0.2) is 15.0 Å². The molecule has 0 unspecified atom stereocenters. The van der Waals surface area contributed by atoms with E-state index in [1.807, 2.05) is 0 Å². The topological polar surface area (TPSA) is 63.7 Å². The van der Waals surface area contributed by atoms with Crippen LogP contribution in [0.25, 0.3) is 11.5 Å². The van der Waals surface area contributed by atoms with E-state index in [2.05, 4.69) is 19.9 Å². The van der Waals surface area contributed by atoms with Gasteiger partial charge < -0.3 is 9.72 Å². The van der Waals surface area contributed by atoms with E-state index in [1.54, 1.807) is 25.4 Å². The molecule has 0 spiro atoms. The quantitative estimate of drug-likeness (QED) is 0.779. The fraction of sp³-hybridized carbons (Fsp3) is 0.111. The number of aromatic amines is 1. The Kier molecular flexibility index (Phi) is 2.68. The minimum atomic E-state index is 0.491. The first kappa shape index (κ1) is 9.72. The van der Waals surface area contributed by atoms with Crippen molar-refractivity contribution in [2.45, 2.75) is 0 Å². The van der Waals surface area contributed by atoms with Gasteiger partial charge in [-0.15, -0.1) is 0 Å². The summed E-state index contributed by atoms with van der Waals surface area (Å²) in [4.78, 5) is 15.0. The fourth-order valence-electron chi connectivity index (χ4n) is 1.08. The van der Waals surface area contributed by atoms with E-state index in [-0.39, 0.29) is 0 Å². The van der Waals surface area contributed by atoms with Gasteiger partial charge in [0.2, 0.25) is 5.88 Å². The van der Waals surface area contributed by atoms with E-state index in [0.717, 1.165) is 0 Å². The molecule has 76 valence electrons. The molecule has 2 aromatic rings. The number of ether oxygens (including phenoxy) is 1. The number of aromatic nitrogens is 4. The average molecular weight is 220 g/mol. The van der Waals surface area contributed by atoms with Gasteiger partial charge in [0.05, 0.1) is 7.11 Å². The second kappa shape index (κ2) is 4.14. The monoisotopic (exact) mass is 220 g/mol. The lowest BCUT2D eigenvalue weighted by molar-refractivity contribution is 0.397. The molecule has 0 radical (unpaired) electrons. The zero-order chi connectivity index (χ0) is 10.7. The second-order valence-electron chi connectivity index (χ2n) is 2.73. The maximum absolute atomic E-state index is 4.99. The maximum Gasteiger partial charge on any atom is 0.216 e. The average Bonchev–Trinajstić information content (AvgIpc) is 2.29. The van der Waals surface area contributed by atoms with Crippen molar-refractivity contribution in [3.05, 3.63) is 29.3 Å². The van der Waals surface area contributed by atoms with Crippen molar-refractivity contribution in [2.24, 2.45) is 0 Å². The second-order valence-corrected chi connectivity index (χ2v) is 3.17. The molecule has 0 bridgehead atoms. The highest BCUT2D eigenvalue weighted by Crippen LogP contribution is 2.14. The number of rotatable bonds is 2.